The standard InChI is InChI=1S/C18H29NO2/c1-13(19-15-8-9-18(2,3)12-15)10-14-6-7-16(20-4)17(11-14)21-5/h6-7,11,13,15,19H,8-10,12H2,1-5H3. The molecule has 1 aliphatic carbocycles. The topological polar surface area (TPSA) is 30.5 Å². The Labute approximate surface area is 129 Å². The van der Waals surface area contributed by atoms with E-state index in [0.29, 0.717) is 17.5 Å². The lowest BCUT2D eigenvalue weighted by Crippen LogP contribution is -2.36. The molecule has 118 valence electrons. The van der Waals surface area contributed by atoms with Gasteiger partial charge in [0.25, 0.3) is 0 Å². The summed E-state index contributed by atoms with van der Waals surface area (Å²) in [5, 5.41) is 3.78. The normalized spacial score (nSPS) is 22.0. The third kappa shape index (κ3) is 4.37. The van der Waals surface area contributed by atoms with E-state index >= 15 is 0 Å². The maximum atomic E-state index is 5.37. The number of methoxy groups -OCH3 is 2. The van der Waals surface area contributed by atoms with Crippen molar-refractivity contribution in [2.45, 2.75) is 58.5 Å². The van der Waals surface area contributed by atoms with Crippen molar-refractivity contribution >= 4 is 0 Å². The van der Waals surface area contributed by atoms with E-state index in [9.17, 15) is 0 Å². The molecule has 3 nitrogen and oxygen atoms in total. The van der Waals surface area contributed by atoms with Gasteiger partial charge < -0.3 is 14.8 Å². The van der Waals surface area contributed by atoms with Crippen molar-refractivity contribution in [1.82, 2.24) is 5.32 Å². The Bertz CT molecular complexity index is 470. The lowest BCUT2D eigenvalue weighted by Gasteiger charge is -2.22. The van der Waals surface area contributed by atoms with E-state index in [1.54, 1.807) is 14.2 Å². The smallest absolute Gasteiger partial charge is 0.160 e. The molecule has 1 aromatic rings. The number of ether oxygens (including phenoxy) is 2. The highest BCUT2D eigenvalue weighted by molar-refractivity contribution is 5.43. The van der Waals surface area contributed by atoms with Gasteiger partial charge in [-0.2, -0.15) is 0 Å². The Hall–Kier alpha value is -1.22. The second-order valence-corrected chi connectivity index (χ2v) is 7.07. The van der Waals surface area contributed by atoms with Crippen LogP contribution in [0.25, 0.3) is 0 Å². The van der Waals surface area contributed by atoms with Crippen LogP contribution in [-0.2, 0) is 6.42 Å². The number of hydrogen-bond acceptors (Lipinski definition) is 3. The molecule has 2 atom stereocenters. The lowest BCUT2D eigenvalue weighted by atomic mass is 9.91. The Balaban J connectivity index is 1.92. The van der Waals surface area contributed by atoms with Crippen LogP contribution in [0.5, 0.6) is 11.5 Å². The van der Waals surface area contributed by atoms with Gasteiger partial charge in [-0.3, -0.25) is 0 Å². The fourth-order valence-corrected chi connectivity index (χ4v) is 3.40. The molecule has 1 fully saturated rings. The van der Waals surface area contributed by atoms with E-state index < -0.39 is 0 Å². The molecule has 0 spiro atoms. The summed E-state index contributed by atoms with van der Waals surface area (Å²) in [6.45, 7) is 7.00. The summed E-state index contributed by atoms with van der Waals surface area (Å²) in [5.41, 5.74) is 1.78. The molecule has 2 unspecified atom stereocenters. The molecular weight excluding hydrogens is 262 g/mol. The quantitative estimate of drug-likeness (QED) is 0.864. The molecule has 1 saturated carbocycles. The number of nitrogens with one attached hydrogen (secondary N) is 1. The molecule has 0 aliphatic heterocycles. The van der Waals surface area contributed by atoms with Crippen molar-refractivity contribution in [3.63, 3.8) is 0 Å². The zero-order chi connectivity index (χ0) is 15.5. The summed E-state index contributed by atoms with van der Waals surface area (Å²) >= 11 is 0. The molecule has 3 heteroatoms. The average molecular weight is 291 g/mol. The van der Waals surface area contributed by atoms with Crippen LogP contribution < -0.4 is 14.8 Å². The first-order chi connectivity index (χ1) is 9.93. The molecule has 0 aromatic heterocycles. The van der Waals surface area contributed by atoms with Gasteiger partial charge in [-0.25, -0.2) is 0 Å². The number of hydrogen-bond donors (Lipinski definition) is 1. The van der Waals surface area contributed by atoms with Gasteiger partial charge in [0.2, 0.25) is 0 Å². The van der Waals surface area contributed by atoms with Crippen molar-refractivity contribution < 1.29 is 9.47 Å². The molecule has 0 saturated heterocycles. The molecule has 21 heavy (non-hydrogen) atoms. The summed E-state index contributed by atoms with van der Waals surface area (Å²) in [4.78, 5) is 0. The highest BCUT2D eigenvalue weighted by Gasteiger charge is 2.31. The Kier molecular flexibility index (Phi) is 5.15. The minimum absolute atomic E-state index is 0.474. The summed E-state index contributed by atoms with van der Waals surface area (Å²) in [6.07, 6.45) is 4.91. The summed E-state index contributed by atoms with van der Waals surface area (Å²) in [7, 11) is 3.35. The van der Waals surface area contributed by atoms with E-state index in [2.05, 4.69) is 38.2 Å². The first-order valence-corrected chi connectivity index (χ1v) is 7.90. The van der Waals surface area contributed by atoms with Gasteiger partial charge in [0.15, 0.2) is 11.5 Å². The number of benzene rings is 1. The summed E-state index contributed by atoms with van der Waals surface area (Å²) < 4.78 is 10.7. The van der Waals surface area contributed by atoms with Crippen LogP contribution in [0.2, 0.25) is 0 Å². The second-order valence-electron chi connectivity index (χ2n) is 7.07. The first-order valence-electron chi connectivity index (χ1n) is 7.90. The number of rotatable bonds is 6. The Morgan fingerprint density at radius 1 is 1.24 bits per heavy atom. The molecule has 0 amide bonds. The van der Waals surface area contributed by atoms with Crippen LogP contribution in [-0.4, -0.2) is 26.3 Å². The Morgan fingerprint density at radius 3 is 2.52 bits per heavy atom. The van der Waals surface area contributed by atoms with Gasteiger partial charge in [-0.15, -0.1) is 0 Å². The van der Waals surface area contributed by atoms with Gasteiger partial charge >= 0.3 is 0 Å². The SMILES string of the molecule is COc1ccc(CC(C)NC2CCC(C)(C)C2)cc1OC. The maximum Gasteiger partial charge on any atom is 0.160 e. The minimum Gasteiger partial charge on any atom is -0.493 e. The molecule has 1 aliphatic rings. The van der Waals surface area contributed by atoms with E-state index in [0.717, 1.165) is 17.9 Å². The van der Waals surface area contributed by atoms with E-state index in [4.69, 9.17) is 9.47 Å². The highest BCUT2D eigenvalue weighted by Crippen LogP contribution is 2.37. The Morgan fingerprint density at radius 2 is 1.95 bits per heavy atom. The molecule has 1 aromatic carbocycles. The molecule has 0 bridgehead atoms. The van der Waals surface area contributed by atoms with Gasteiger partial charge in [0.1, 0.15) is 0 Å². The first kappa shape index (κ1) is 16.2. The van der Waals surface area contributed by atoms with Crippen molar-refractivity contribution in [3.05, 3.63) is 23.8 Å². The van der Waals surface area contributed by atoms with Gasteiger partial charge in [-0.1, -0.05) is 19.9 Å². The summed E-state index contributed by atoms with van der Waals surface area (Å²) in [6, 6.07) is 7.32. The van der Waals surface area contributed by atoms with Gasteiger partial charge in [-0.05, 0) is 55.7 Å². The second kappa shape index (κ2) is 6.69. The van der Waals surface area contributed by atoms with Gasteiger partial charge in [0.05, 0.1) is 14.2 Å². The third-order valence-corrected chi connectivity index (χ3v) is 4.48. The van der Waals surface area contributed by atoms with E-state index in [1.807, 2.05) is 6.07 Å². The van der Waals surface area contributed by atoms with Crippen LogP contribution in [0.4, 0.5) is 0 Å². The predicted molar refractivity (Wildman–Crippen MR) is 87.3 cm³/mol. The van der Waals surface area contributed by atoms with Crippen molar-refractivity contribution in [3.8, 4) is 11.5 Å². The van der Waals surface area contributed by atoms with E-state index in [-0.39, 0.29) is 0 Å². The monoisotopic (exact) mass is 291 g/mol. The molecule has 2 rings (SSSR count). The molecular formula is C18H29NO2. The highest BCUT2D eigenvalue weighted by atomic mass is 16.5. The predicted octanol–water partition coefficient (Wildman–Crippen LogP) is 3.80. The molecule has 1 N–H and O–H groups in total. The van der Waals surface area contributed by atoms with Crippen LogP contribution in [0.15, 0.2) is 18.2 Å². The van der Waals surface area contributed by atoms with Crippen molar-refractivity contribution in [2.75, 3.05) is 14.2 Å². The summed E-state index contributed by atoms with van der Waals surface area (Å²) in [5.74, 6) is 1.60. The average Bonchev–Trinajstić information content (AvgIpc) is 2.77. The van der Waals surface area contributed by atoms with Crippen molar-refractivity contribution in [2.24, 2.45) is 5.41 Å². The van der Waals surface area contributed by atoms with Crippen LogP contribution in [0.3, 0.4) is 0 Å². The molecule has 0 heterocycles. The van der Waals surface area contributed by atoms with Crippen LogP contribution >= 0.6 is 0 Å². The zero-order valence-corrected chi connectivity index (χ0v) is 14.0. The zero-order valence-electron chi connectivity index (χ0n) is 14.0. The fraction of sp³-hybridized carbons (Fsp3) is 0.667. The van der Waals surface area contributed by atoms with Crippen molar-refractivity contribution in [1.29, 1.82) is 0 Å². The van der Waals surface area contributed by atoms with Crippen LogP contribution in [0, 0.1) is 5.41 Å². The molecule has 0 radical (unpaired) electrons. The lowest BCUT2D eigenvalue weighted by molar-refractivity contribution is 0.351. The van der Waals surface area contributed by atoms with Crippen LogP contribution in [0.1, 0.15) is 45.6 Å². The minimum atomic E-state index is 0.474. The fourth-order valence-electron chi connectivity index (χ4n) is 3.40. The van der Waals surface area contributed by atoms with E-state index in [1.165, 1.54) is 24.8 Å². The van der Waals surface area contributed by atoms with Gasteiger partial charge in [0, 0.05) is 12.1 Å². The maximum absolute atomic E-state index is 5.37. The third-order valence-electron chi connectivity index (χ3n) is 4.48. The largest absolute Gasteiger partial charge is 0.493 e.